The molecule has 12 heavy (non-hydrogen) atoms. The number of ether oxygens (including phenoxy) is 1. The van der Waals surface area contributed by atoms with Crippen molar-refractivity contribution in [1.29, 1.82) is 0 Å². The molecule has 1 unspecified atom stereocenters. The van der Waals surface area contributed by atoms with Crippen molar-refractivity contribution < 1.29 is 14.9 Å². The molecule has 1 atom stereocenters. The molecule has 0 radical (unpaired) electrons. The van der Waals surface area contributed by atoms with Gasteiger partial charge in [0.05, 0.1) is 12.7 Å². The Morgan fingerprint density at radius 3 is 2.50 bits per heavy atom. The van der Waals surface area contributed by atoms with Gasteiger partial charge in [-0.15, -0.1) is 12.4 Å². The fourth-order valence-electron chi connectivity index (χ4n) is 1.03. The van der Waals surface area contributed by atoms with Crippen molar-refractivity contribution in [2.24, 2.45) is 0 Å². The van der Waals surface area contributed by atoms with Gasteiger partial charge in [0.2, 0.25) is 0 Å². The van der Waals surface area contributed by atoms with E-state index in [0.29, 0.717) is 12.6 Å². The molecule has 0 aromatic heterocycles. The largest absolute Gasteiger partial charge is 0.372 e. The number of rotatable bonds is 5. The van der Waals surface area contributed by atoms with Gasteiger partial charge in [-0.25, -0.2) is 0 Å². The van der Waals surface area contributed by atoms with Gasteiger partial charge >= 0.3 is 0 Å². The lowest BCUT2D eigenvalue weighted by molar-refractivity contribution is -0.0611. The molecule has 1 rings (SSSR count). The van der Waals surface area contributed by atoms with Gasteiger partial charge in [-0.2, -0.15) is 0 Å². The Balaban J connectivity index is 0.00000121. The van der Waals surface area contributed by atoms with Gasteiger partial charge in [0, 0.05) is 13.1 Å². The molecule has 1 fully saturated rings. The van der Waals surface area contributed by atoms with Crippen molar-refractivity contribution in [3.05, 3.63) is 0 Å². The number of hydrogen-bond donors (Lipinski definition) is 2. The number of nitrogens with zero attached hydrogens (tertiary/aromatic N) is 1. The lowest BCUT2D eigenvalue weighted by atomic mass is 10.4. The van der Waals surface area contributed by atoms with E-state index in [2.05, 4.69) is 0 Å². The molecule has 0 aromatic carbocycles. The lowest BCUT2D eigenvalue weighted by Gasteiger charge is -2.19. The van der Waals surface area contributed by atoms with E-state index < -0.39 is 6.29 Å². The van der Waals surface area contributed by atoms with Gasteiger partial charge in [0.25, 0.3) is 0 Å². The smallest absolute Gasteiger partial charge is 0.164 e. The molecule has 0 amide bonds. The maximum absolute atomic E-state index is 8.66. The first kappa shape index (κ1) is 12.1. The van der Waals surface area contributed by atoms with E-state index in [-0.39, 0.29) is 12.4 Å². The molecule has 1 saturated heterocycles. The summed E-state index contributed by atoms with van der Waals surface area (Å²) in [5.74, 6) is 0. The van der Waals surface area contributed by atoms with Gasteiger partial charge in [-0.3, -0.25) is 4.90 Å². The van der Waals surface area contributed by atoms with Crippen LogP contribution < -0.4 is 0 Å². The van der Waals surface area contributed by atoms with Gasteiger partial charge in [0.1, 0.15) is 0 Å². The summed E-state index contributed by atoms with van der Waals surface area (Å²) in [7, 11) is 0. The van der Waals surface area contributed by atoms with Crippen LogP contribution in [-0.4, -0.2) is 53.7 Å². The molecule has 1 aliphatic rings. The van der Waals surface area contributed by atoms with Crippen LogP contribution in [0.5, 0.6) is 0 Å². The van der Waals surface area contributed by atoms with E-state index >= 15 is 0 Å². The van der Waals surface area contributed by atoms with Crippen LogP contribution in [0, 0.1) is 0 Å². The monoisotopic (exact) mass is 197 g/mol. The highest BCUT2D eigenvalue weighted by Crippen LogP contribution is 2.10. The molecule has 5 heteroatoms. The molecule has 1 aliphatic heterocycles. The van der Waals surface area contributed by atoms with Crippen LogP contribution in [-0.2, 0) is 4.74 Å². The molecular formula is C7H16ClNO3. The second kappa shape index (κ2) is 5.72. The maximum Gasteiger partial charge on any atom is 0.164 e. The van der Waals surface area contributed by atoms with Crippen LogP contribution in [0.4, 0.5) is 0 Å². The topological polar surface area (TPSA) is 56.2 Å². The van der Waals surface area contributed by atoms with Crippen LogP contribution in [0.15, 0.2) is 0 Å². The average Bonchev–Trinajstić information content (AvgIpc) is 2.69. The Labute approximate surface area is 78.5 Å². The summed E-state index contributed by atoms with van der Waals surface area (Å²) in [6, 6.07) is 0. The molecule has 0 aromatic rings. The van der Waals surface area contributed by atoms with Gasteiger partial charge in [-0.05, 0) is 6.54 Å². The molecule has 1 heterocycles. The van der Waals surface area contributed by atoms with E-state index in [1.807, 2.05) is 11.8 Å². The van der Waals surface area contributed by atoms with E-state index in [1.54, 1.807) is 0 Å². The first-order chi connectivity index (χ1) is 5.22. The SMILES string of the molecule is CCN(CC(O)O)CC1CO1.Cl. The van der Waals surface area contributed by atoms with Crippen LogP contribution in [0.25, 0.3) is 0 Å². The standard InChI is InChI=1S/C7H15NO3.ClH/c1-2-8(4-7(9)10)3-6-5-11-6;/h6-7,9-10H,2-5H2,1H3;1H. The highest BCUT2D eigenvalue weighted by atomic mass is 35.5. The fraction of sp³-hybridized carbons (Fsp3) is 1.00. The minimum atomic E-state index is -1.23. The molecule has 0 aliphatic carbocycles. The first-order valence-corrected chi connectivity index (χ1v) is 3.92. The molecule has 2 N–H and O–H groups in total. The number of aliphatic hydroxyl groups is 2. The third-order valence-electron chi connectivity index (χ3n) is 1.73. The summed E-state index contributed by atoms with van der Waals surface area (Å²) >= 11 is 0. The minimum Gasteiger partial charge on any atom is -0.372 e. The fourth-order valence-corrected chi connectivity index (χ4v) is 1.03. The Bertz CT molecular complexity index is 115. The second-order valence-corrected chi connectivity index (χ2v) is 2.79. The van der Waals surface area contributed by atoms with Crippen molar-refractivity contribution in [2.75, 3.05) is 26.2 Å². The summed E-state index contributed by atoms with van der Waals surface area (Å²) in [4.78, 5) is 1.96. The third-order valence-corrected chi connectivity index (χ3v) is 1.73. The third kappa shape index (κ3) is 4.90. The molecule has 0 bridgehead atoms. The minimum absolute atomic E-state index is 0. The summed E-state index contributed by atoms with van der Waals surface area (Å²) in [5, 5.41) is 17.3. The van der Waals surface area contributed by atoms with Gasteiger partial charge < -0.3 is 14.9 Å². The van der Waals surface area contributed by atoms with Crippen molar-refractivity contribution in [3.8, 4) is 0 Å². The Kier molecular flexibility index (Phi) is 5.78. The van der Waals surface area contributed by atoms with E-state index in [4.69, 9.17) is 14.9 Å². The van der Waals surface area contributed by atoms with E-state index in [1.165, 1.54) is 0 Å². The summed E-state index contributed by atoms with van der Waals surface area (Å²) in [6.07, 6.45) is -0.901. The zero-order chi connectivity index (χ0) is 8.27. The van der Waals surface area contributed by atoms with Crippen molar-refractivity contribution in [1.82, 2.24) is 4.90 Å². The van der Waals surface area contributed by atoms with Gasteiger partial charge in [0.15, 0.2) is 6.29 Å². The quantitative estimate of drug-likeness (QED) is 0.458. The molecule has 74 valence electrons. The lowest BCUT2D eigenvalue weighted by Crippen LogP contribution is -2.34. The van der Waals surface area contributed by atoms with Crippen LogP contribution in [0.3, 0.4) is 0 Å². The van der Waals surface area contributed by atoms with E-state index in [0.717, 1.165) is 19.7 Å². The Morgan fingerprint density at radius 1 is 1.58 bits per heavy atom. The molecule has 0 saturated carbocycles. The highest BCUT2D eigenvalue weighted by molar-refractivity contribution is 5.85. The number of likely N-dealkylation sites (N-methyl/N-ethyl adjacent to an activating group) is 1. The zero-order valence-electron chi connectivity index (χ0n) is 7.14. The van der Waals surface area contributed by atoms with Crippen LogP contribution >= 0.6 is 12.4 Å². The second-order valence-electron chi connectivity index (χ2n) is 2.79. The summed E-state index contributed by atoms with van der Waals surface area (Å²) in [5.41, 5.74) is 0. The average molecular weight is 198 g/mol. The predicted octanol–water partition coefficient (Wildman–Crippen LogP) is -0.560. The van der Waals surface area contributed by atoms with Crippen LogP contribution in [0.2, 0.25) is 0 Å². The Hall–Kier alpha value is 0.130. The summed E-state index contributed by atoms with van der Waals surface area (Å²) in [6.45, 7) is 4.77. The highest BCUT2D eigenvalue weighted by Gasteiger charge is 2.25. The normalized spacial score (nSPS) is 21.2. The Morgan fingerprint density at radius 2 is 2.17 bits per heavy atom. The van der Waals surface area contributed by atoms with Gasteiger partial charge in [-0.1, -0.05) is 6.92 Å². The predicted molar refractivity (Wildman–Crippen MR) is 47.3 cm³/mol. The maximum atomic E-state index is 8.66. The van der Waals surface area contributed by atoms with E-state index in [9.17, 15) is 0 Å². The number of aliphatic hydroxyl groups excluding tert-OH is 1. The summed E-state index contributed by atoms with van der Waals surface area (Å²) < 4.78 is 5.02. The number of epoxide rings is 1. The van der Waals surface area contributed by atoms with Crippen molar-refractivity contribution in [2.45, 2.75) is 19.3 Å². The molecule has 0 spiro atoms. The number of hydrogen-bond acceptors (Lipinski definition) is 4. The zero-order valence-corrected chi connectivity index (χ0v) is 7.96. The molecular weight excluding hydrogens is 182 g/mol. The first-order valence-electron chi connectivity index (χ1n) is 3.92. The van der Waals surface area contributed by atoms with Crippen LogP contribution in [0.1, 0.15) is 6.92 Å². The molecule has 4 nitrogen and oxygen atoms in total. The number of halogens is 1. The van der Waals surface area contributed by atoms with Crippen molar-refractivity contribution >= 4 is 12.4 Å². The van der Waals surface area contributed by atoms with Crippen molar-refractivity contribution in [3.63, 3.8) is 0 Å².